The minimum Gasteiger partial charge on any atom is -0.342 e. The van der Waals surface area contributed by atoms with Gasteiger partial charge in [0, 0.05) is 50.6 Å². The molecule has 0 bridgehead atoms. The van der Waals surface area contributed by atoms with Crippen LogP contribution in [0.3, 0.4) is 0 Å². The average molecular weight is 385 g/mol. The number of amides is 2. The second-order valence-electron chi connectivity index (χ2n) is 7.09. The monoisotopic (exact) mass is 384 g/mol. The summed E-state index contributed by atoms with van der Waals surface area (Å²) < 4.78 is 0. The number of para-hydroxylation sites is 1. The van der Waals surface area contributed by atoms with E-state index in [2.05, 4.69) is 9.97 Å². The van der Waals surface area contributed by atoms with Crippen molar-refractivity contribution >= 4 is 29.1 Å². The van der Waals surface area contributed by atoms with E-state index in [9.17, 15) is 9.59 Å². The number of anilines is 1. The van der Waals surface area contributed by atoms with Crippen LogP contribution in [-0.4, -0.2) is 46.3 Å². The Morgan fingerprint density at radius 3 is 2.63 bits per heavy atom. The number of nitrogens with zero attached hydrogens (tertiary/aromatic N) is 4. The number of aromatic nitrogens is 2. The molecule has 7 heteroatoms. The molecule has 4 rings (SSSR count). The smallest absolute Gasteiger partial charge is 0.228 e. The van der Waals surface area contributed by atoms with Crippen LogP contribution in [0.5, 0.6) is 0 Å². The van der Waals surface area contributed by atoms with Crippen LogP contribution in [0.25, 0.3) is 0 Å². The predicted molar refractivity (Wildman–Crippen MR) is 102 cm³/mol. The Kier molecular flexibility index (Phi) is 5.07. The van der Waals surface area contributed by atoms with Crippen molar-refractivity contribution in [3.8, 4) is 0 Å². The van der Waals surface area contributed by atoms with Gasteiger partial charge in [0.1, 0.15) is 0 Å². The number of hydrogen-bond acceptors (Lipinski definition) is 4. The van der Waals surface area contributed by atoms with E-state index in [1.165, 1.54) is 0 Å². The fourth-order valence-corrected chi connectivity index (χ4v) is 4.19. The summed E-state index contributed by atoms with van der Waals surface area (Å²) in [6, 6.07) is 7.26. The summed E-state index contributed by atoms with van der Waals surface area (Å²) in [6.07, 6.45) is 7.18. The van der Waals surface area contributed by atoms with Crippen LogP contribution < -0.4 is 4.90 Å². The van der Waals surface area contributed by atoms with Crippen LogP contribution in [0.15, 0.2) is 42.9 Å². The van der Waals surface area contributed by atoms with Crippen LogP contribution in [0.2, 0.25) is 5.02 Å². The summed E-state index contributed by atoms with van der Waals surface area (Å²) >= 11 is 6.22. The number of piperidine rings is 1. The first-order valence-electron chi connectivity index (χ1n) is 9.23. The molecule has 0 N–H and O–H groups in total. The molecule has 0 unspecified atom stereocenters. The highest BCUT2D eigenvalue weighted by atomic mass is 35.5. The van der Waals surface area contributed by atoms with E-state index in [1.54, 1.807) is 29.6 Å². The number of carbonyl (C=O) groups is 2. The molecule has 0 radical (unpaired) electrons. The first-order chi connectivity index (χ1) is 13.1. The highest BCUT2D eigenvalue weighted by Gasteiger charge is 2.38. The zero-order valence-corrected chi connectivity index (χ0v) is 15.7. The maximum absolute atomic E-state index is 12.9. The minimum absolute atomic E-state index is 0.0455. The summed E-state index contributed by atoms with van der Waals surface area (Å²) in [4.78, 5) is 37.4. The molecule has 1 atom stereocenters. The zero-order chi connectivity index (χ0) is 18.8. The Labute approximate surface area is 163 Å². The third-order valence-electron chi connectivity index (χ3n) is 5.43. The Hall–Kier alpha value is -2.47. The second kappa shape index (κ2) is 7.64. The maximum atomic E-state index is 12.9. The van der Waals surface area contributed by atoms with Gasteiger partial charge in [-0.15, -0.1) is 0 Å². The van der Waals surface area contributed by atoms with Crippen molar-refractivity contribution in [2.24, 2.45) is 5.92 Å². The van der Waals surface area contributed by atoms with Gasteiger partial charge in [-0.1, -0.05) is 23.7 Å². The topological polar surface area (TPSA) is 66.4 Å². The lowest BCUT2D eigenvalue weighted by molar-refractivity contribution is -0.136. The second-order valence-corrected chi connectivity index (χ2v) is 7.49. The number of carbonyl (C=O) groups excluding carboxylic acids is 2. The standard InChI is InChI=1S/C20H21ClN4O2/c21-16-3-1-2-4-18(16)25-13-15(11-19(25)26)20(27)24-9-5-14(6-10-24)17-12-22-7-8-23-17/h1-4,7-8,12,14-15H,5-6,9-11,13H2/t15-/m0/s1. The minimum atomic E-state index is -0.304. The van der Waals surface area contributed by atoms with Gasteiger partial charge in [0.05, 0.1) is 22.3 Å². The molecule has 1 aromatic carbocycles. The van der Waals surface area contributed by atoms with Gasteiger partial charge in [-0.3, -0.25) is 19.6 Å². The molecule has 0 aliphatic carbocycles. The van der Waals surface area contributed by atoms with Crippen molar-refractivity contribution in [1.29, 1.82) is 0 Å². The largest absolute Gasteiger partial charge is 0.342 e. The molecule has 1 aromatic heterocycles. The molecule has 2 saturated heterocycles. The molecule has 0 spiro atoms. The van der Waals surface area contributed by atoms with Crippen LogP contribution in [0.4, 0.5) is 5.69 Å². The summed E-state index contributed by atoms with van der Waals surface area (Å²) in [7, 11) is 0. The van der Waals surface area contributed by atoms with Crippen LogP contribution in [0, 0.1) is 5.92 Å². The van der Waals surface area contributed by atoms with Gasteiger partial charge in [0.15, 0.2) is 0 Å². The first kappa shape index (κ1) is 17.9. The number of likely N-dealkylation sites (tertiary alicyclic amines) is 1. The number of benzene rings is 1. The summed E-state index contributed by atoms with van der Waals surface area (Å²) in [5.41, 5.74) is 1.67. The van der Waals surface area contributed by atoms with Crippen molar-refractivity contribution in [3.63, 3.8) is 0 Å². The summed E-state index contributed by atoms with van der Waals surface area (Å²) in [5.74, 6) is 0.0563. The molecule has 6 nitrogen and oxygen atoms in total. The number of rotatable bonds is 3. The average Bonchev–Trinajstić information content (AvgIpc) is 3.10. The zero-order valence-electron chi connectivity index (χ0n) is 14.9. The number of hydrogen-bond donors (Lipinski definition) is 0. The molecule has 3 heterocycles. The van der Waals surface area contributed by atoms with Crippen molar-refractivity contribution in [1.82, 2.24) is 14.9 Å². The lowest BCUT2D eigenvalue weighted by Crippen LogP contribution is -2.42. The van der Waals surface area contributed by atoms with Gasteiger partial charge < -0.3 is 9.80 Å². The van der Waals surface area contributed by atoms with Crippen LogP contribution in [-0.2, 0) is 9.59 Å². The van der Waals surface area contributed by atoms with Gasteiger partial charge in [0.2, 0.25) is 11.8 Å². The van der Waals surface area contributed by atoms with E-state index >= 15 is 0 Å². The fraction of sp³-hybridized carbons (Fsp3) is 0.400. The lowest BCUT2D eigenvalue weighted by atomic mass is 9.93. The lowest BCUT2D eigenvalue weighted by Gasteiger charge is -2.33. The van der Waals surface area contributed by atoms with Gasteiger partial charge in [-0.05, 0) is 25.0 Å². The fourth-order valence-electron chi connectivity index (χ4n) is 3.95. The molecular weight excluding hydrogens is 364 g/mol. The van der Waals surface area contributed by atoms with Crippen molar-refractivity contribution in [2.45, 2.75) is 25.2 Å². The molecule has 2 aromatic rings. The highest BCUT2D eigenvalue weighted by Crippen LogP contribution is 2.33. The van der Waals surface area contributed by atoms with E-state index in [0.717, 1.165) is 18.5 Å². The quantitative estimate of drug-likeness (QED) is 0.816. The third-order valence-corrected chi connectivity index (χ3v) is 5.75. The maximum Gasteiger partial charge on any atom is 0.228 e. The SMILES string of the molecule is O=C([C@H]1CC(=O)N(c2ccccc2Cl)C1)N1CCC(c2cnccn2)CC1. The van der Waals surface area contributed by atoms with Crippen molar-refractivity contribution < 1.29 is 9.59 Å². The van der Waals surface area contributed by atoms with E-state index in [-0.39, 0.29) is 24.2 Å². The molecule has 2 amide bonds. The van der Waals surface area contributed by atoms with Crippen molar-refractivity contribution in [2.75, 3.05) is 24.5 Å². The van der Waals surface area contributed by atoms with Gasteiger partial charge in [0.25, 0.3) is 0 Å². The summed E-state index contributed by atoms with van der Waals surface area (Å²) in [5, 5.41) is 0.531. The third kappa shape index (κ3) is 3.67. The Bertz CT molecular complexity index is 837. The van der Waals surface area contributed by atoms with Gasteiger partial charge in [-0.2, -0.15) is 0 Å². The van der Waals surface area contributed by atoms with E-state index in [4.69, 9.17) is 11.6 Å². The Balaban J connectivity index is 1.38. The Morgan fingerprint density at radius 1 is 1.15 bits per heavy atom. The molecule has 2 aliphatic heterocycles. The Morgan fingerprint density at radius 2 is 1.93 bits per heavy atom. The first-order valence-corrected chi connectivity index (χ1v) is 9.61. The van der Waals surface area contributed by atoms with Gasteiger partial charge >= 0.3 is 0 Å². The molecule has 27 heavy (non-hydrogen) atoms. The van der Waals surface area contributed by atoms with Crippen LogP contribution in [0.1, 0.15) is 30.9 Å². The van der Waals surface area contributed by atoms with Gasteiger partial charge in [-0.25, -0.2) is 0 Å². The highest BCUT2D eigenvalue weighted by molar-refractivity contribution is 6.33. The number of halogens is 1. The molecule has 2 aliphatic rings. The van der Waals surface area contributed by atoms with Crippen LogP contribution >= 0.6 is 11.6 Å². The van der Waals surface area contributed by atoms with E-state index in [1.807, 2.05) is 23.1 Å². The molecule has 140 valence electrons. The molecule has 0 saturated carbocycles. The normalized spacial score (nSPS) is 20.9. The summed E-state index contributed by atoms with van der Waals surface area (Å²) in [6.45, 7) is 1.78. The molecular formula is C20H21ClN4O2. The molecule has 2 fully saturated rings. The van der Waals surface area contributed by atoms with E-state index in [0.29, 0.717) is 36.3 Å². The van der Waals surface area contributed by atoms with E-state index < -0.39 is 0 Å². The van der Waals surface area contributed by atoms with Crippen molar-refractivity contribution in [3.05, 3.63) is 53.6 Å². The predicted octanol–water partition coefficient (Wildman–Crippen LogP) is 2.89.